The van der Waals surface area contributed by atoms with Crippen molar-refractivity contribution in [1.29, 1.82) is 0 Å². The van der Waals surface area contributed by atoms with Gasteiger partial charge in [0.2, 0.25) is 11.8 Å². The Hall–Kier alpha value is -2.74. The molecule has 3 fully saturated rings. The van der Waals surface area contributed by atoms with Gasteiger partial charge in [-0.3, -0.25) is 29.4 Å². The summed E-state index contributed by atoms with van der Waals surface area (Å²) >= 11 is 0. The van der Waals surface area contributed by atoms with Crippen molar-refractivity contribution in [3.8, 4) is 0 Å². The average Bonchev–Trinajstić information content (AvgIpc) is 3.09. The van der Waals surface area contributed by atoms with Gasteiger partial charge in [0, 0.05) is 37.8 Å². The van der Waals surface area contributed by atoms with Gasteiger partial charge in [0.05, 0.1) is 11.1 Å². The van der Waals surface area contributed by atoms with Crippen LogP contribution in [0.5, 0.6) is 0 Å². The molecule has 1 aromatic carbocycles. The summed E-state index contributed by atoms with van der Waals surface area (Å²) in [7, 11) is 2.28. The quantitative estimate of drug-likeness (QED) is 0.652. The van der Waals surface area contributed by atoms with Crippen molar-refractivity contribution in [2.24, 2.45) is 5.41 Å². The highest BCUT2D eigenvalue weighted by molar-refractivity contribution is 6.23. The lowest BCUT2D eigenvalue weighted by atomic mass is 9.79. The first-order valence-electron chi connectivity index (χ1n) is 13.1. The molecule has 0 aromatic heterocycles. The summed E-state index contributed by atoms with van der Waals surface area (Å²) in [4.78, 5) is 55.8. The number of benzene rings is 1. The van der Waals surface area contributed by atoms with E-state index in [1.54, 1.807) is 12.1 Å². The van der Waals surface area contributed by atoms with Crippen molar-refractivity contribution in [3.05, 3.63) is 29.3 Å². The molecule has 5 rings (SSSR count). The molecule has 0 radical (unpaired) electrons. The predicted octanol–water partition coefficient (Wildman–Crippen LogP) is 2.96. The van der Waals surface area contributed by atoms with Crippen LogP contribution < -0.4 is 10.2 Å². The first-order valence-corrected chi connectivity index (χ1v) is 13.1. The number of carbonyl (C=O) groups is 4. The van der Waals surface area contributed by atoms with Crippen molar-refractivity contribution < 1.29 is 19.2 Å². The average molecular weight is 481 g/mol. The van der Waals surface area contributed by atoms with Gasteiger partial charge >= 0.3 is 0 Å². The van der Waals surface area contributed by atoms with E-state index in [1.165, 1.54) is 32.1 Å². The fraction of sp³-hybridized carbons (Fsp3) is 0.630. The zero-order valence-corrected chi connectivity index (χ0v) is 20.8. The summed E-state index contributed by atoms with van der Waals surface area (Å²) in [6.07, 6.45) is 9.15. The van der Waals surface area contributed by atoms with Crippen LogP contribution in [0.25, 0.3) is 0 Å². The standard InChI is InChI=1S/C27H36N4O4/c1-27(17-29(2)18-6-4-3-5-7-18)12-14-30(15-13-27)19-8-9-20-21(16-19)26(35)31(25(20)34)22-10-11-23(32)28-24(22)33/h8-9,16,18,22H,3-7,10-15,17H2,1-2H3,(H,28,32,33). The van der Waals surface area contributed by atoms with Gasteiger partial charge in [0.25, 0.3) is 11.8 Å². The van der Waals surface area contributed by atoms with E-state index in [1.807, 2.05) is 6.07 Å². The van der Waals surface area contributed by atoms with Crippen LogP contribution in [0, 0.1) is 5.41 Å². The molecule has 8 heteroatoms. The molecule has 4 aliphatic rings. The number of nitrogens with zero attached hydrogens (tertiary/aromatic N) is 3. The molecule has 1 aromatic rings. The smallest absolute Gasteiger partial charge is 0.262 e. The number of carbonyl (C=O) groups excluding carboxylic acids is 4. The zero-order valence-electron chi connectivity index (χ0n) is 20.8. The lowest BCUT2D eigenvalue weighted by Crippen LogP contribution is -2.54. The second-order valence-electron chi connectivity index (χ2n) is 11.2. The molecule has 2 saturated heterocycles. The number of imide groups is 2. The van der Waals surface area contributed by atoms with Gasteiger partial charge in [-0.15, -0.1) is 0 Å². The molecule has 0 bridgehead atoms. The van der Waals surface area contributed by atoms with Crippen LogP contribution in [0.4, 0.5) is 5.69 Å². The summed E-state index contributed by atoms with van der Waals surface area (Å²) in [5.74, 6) is -1.85. The van der Waals surface area contributed by atoms with Gasteiger partial charge in [-0.05, 0) is 62.8 Å². The van der Waals surface area contributed by atoms with Crippen molar-refractivity contribution in [3.63, 3.8) is 0 Å². The first kappa shape index (κ1) is 24.0. The molecule has 8 nitrogen and oxygen atoms in total. The van der Waals surface area contributed by atoms with Crippen molar-refractivity contribution in [2.45, 2.75) is 76.8 Å². The number of hydrogen-bond acceptors (Lipinski definition) is 6. The van der Waals surface area contributed by atoms with E-state index < -0.39 is 23.8 Å². The lowest BCUT2D eigenvalue weighted by Gasteiger charge is -2.44. The molecule has 4 amide bonds. The molecule has 1 unspecified atom stereocenters. The predicted molar refractivity (Wildman–Crippen MR) is 132 cm³/mol. The Morgan fingerprint density at radius 1 is 0.971 bits per heavy atom. The van der Waals surface area contributed by atoms with E-state index in [0.29, 0.717) is 17.2 Å². The minimum absolute atomic E-state index is 0.123. The summed E-state index contributed by atoms with van der Waals surface area (Å²) < 4.78 is 0. The second-order valence-corrected chi connectivity index (χ2v) is 11.2. The Morgan fingerprint density at radius 2 is 1.66 bits per heavy atom. The number of amides is 4. The Labute approximate surface area is 207 Å². The van der Waals surface area contributed by atoms with Gasteiger partial charge in [0.15, 0.2) is 0 Å². The largest absolute Gasteiger partial charge is 0.371 e. The highest BCUT2D eigenvalue weighted by Gasteiger charge is 2.45. The monoisotopic (exact) mass is 480 g/mol. The Bertz CT molecular complexity index is 1040. The van der Waals surface area contributed by atoms with Crippen LogP contribution in [0.2, 0.25) is 0 Å². The highest BCUT2D eigenvalue weighted by Crippen LogP contribution is 2.37. The van der Waals surface area contributed by atoms with Crippen molar-refractivity contribution >= 4 is 29.3 Å². The Balaban J connectivity index is 1.24. The third kappa shape index (κ3) is 4.60. The number of nitrogens with one attached hydrogen (secondary N) is 1. The third-order valence-electron chi connectivity index (χ3n) is 8.59. The molecule has 1 N–H and O–H groups in total. The second kappa shape index (κ2) is 9.37. The summed E-state index contributed by atoms with van der Waals surface area (Å²) in [5, 5.41) is 2.24. The fourth-order valence-corrected chi connectivity index (χ4v) is 6.37. The SMILES string of the molecule is CN(CC1(C)CCN(c2ccc3c(c2)C(=O)N(C2CCC(=O)NC2=O)C3=O)CC1)C1CCCCC1. The van der Waals surface area contributed by atoms with E-state index in [0.717, 1.165) is 43.1 Å². The number of piperidine rings is 2. The summed E-state index contributed by atoms with van der Waals surface area (Å²) in [6, 6.07) is 5.21. The highest BCUT2D eigenvalue weighted by atomic mass is 16.2. The van der Waals surface area contributed by atoms with E-state index in [4.69, 9.17) is 0 Å². The van der Waals surface area contributed by atoms with Gasteiger partial charge in [0.1, 0.15) is 6.04 Å². The number of hydrogen-bond donors (Lipinski definition) is 1. The van der Waals surface area contributed by atoms with E-state index in [-0.39, 0.29) is 24.2 Å². The van der Waals surface area contributed by atoms with Gasteiger partial charge < -0.3 is 9.80 Å². The maximum atomic E-state index is 13.2. The summed E-state index contributed by atoms with van der Waals surface area (Å²) in [6.45, 7) is 5.33. The van der Waals surface area contributed by atoms with Crippen LogP contribution in [-0.2, 0) is 9.59 Å². The number of rotatable bonds is 5. The molecular formula is C27H36N4O4. The molecule has 3 aliphatic heterocycles. The van der Waals surface area contributed by atoms with E-state index >= 15 is 0 Å². The van der Waals surface area contributed by atoms with Gasteiger partial charge in [-0.1, -0.05) is 26.2 Å². The molecule has 3 heterocycles. The van der Waals surface area contributed by atoms with Crippen LogP contribution in [0.15, 0.2) is 18.2 Å². The molecule has 35 heavy (non-hydrogen) atoms. The topological polar surface area (TPSA) is 90.0 Å². The van der Waals surface area contributed by atoms with Crippen LogP contribution in [-0.4, -0.2) is 72.2 Å². The van der Waals surface area contributed by atoms with Crippen LogP contribution >= 0.6 is 0 Å². The van der Waals surface area contributed by atoms with Crippen LogP contribution in [0.1, 0.15) is 85.4 Å². The first-order chi connectivity index (χ1) is 16.8. The van der Waals surface area contributed by atoms with E-state index in [2.05, 4.69) is 29.1 Å². The van der Waals surface area contributed by atoms with Gasteiger partial charge in [-0.2, -0.15) is 0 Å². The molecule has 1 atom stereocenters. The third-order valence-corrected chi connectivity index (χ3v) is 8.59. The molecule has 188 valence electrons. The Morgan fingerprint density at radius 3 is 2.34 bits per heavy atom. The number of fused-ring (bicyclic) bond motifs is 1. The minimum atomic E-state index is -0.930. The van der Waals surface area contributed by atoms with E-state index in [9.17, 15) is 19.2 Å². The molecule has 1 aliphatic carbocycles. The molecule has 1 saturated carbocycles. The normalized spacial score (nSPS) is 25.3. The fourth-order valence-electron chi connectivity index (χ4n) is 6.37. The van der Waals surface area contributed by atoms with Gasteiger partial charge in [-0.25, -0.2) is 0 Å². The zero-order chi connectivity index (χ0) is 24.7. The van der Waals surface area contributed by atoms with Crippen molar-refractivity contribution in [1.82, 2.24) is 15.1 Å². The molecule has 0 spiro atoms. The van der Waals surface area contributed by atoms with Crippen LogP contribution in [0.3, 0.4) is 0 Å². The number of anilines is 1. The maximum absolute atomic E-state index is 13.2. The maximum Gasteiger partial charge on any atom is 0.262 e. The summed E-state index contributed by atoms with van der Waals surface area (Å²) in [5.41, 5.74) is 1.90. The van der Waals surface area contributed by atoms with Crippen molar-refractivity contribution in [2.75, 3.05) is 31.6 Å². The Kier molecular flexibility index (Phi) is 6.42. The molecular weight excluding hydrogens is 444 g/mol. The lowest BCUT2D eigenvalue weighted by molar-refractivity contribution is -0.136. The minimum Gasteiger partial charge on any atom is -0.371 e.